The molecule has 0 bridgehead atoms. The fourth-order valence-corrected chi connectivity index (χ4v) is 0.855. The lowest BCUT2D eigenvalue weighted by Crippen LogP contribution is -1.94. The smallest absolute Gasteiger partial charge is 0.0127 e. The molecule has 0 aromatic carbocycles. The van der Waals surface area contributed by atoms with Crippen molar-refractivity contribution in [3.63, 3.8) is 0 Å². The summed E-state index contributed by atoms with van der Waals surface area (Å²) in [6.45, 7) is 2.20. The van der Waals surface area contributed by atoms with Gasteiger partial charge in [0, 0.05) is 0 Å². The normalized spacial score (nSPS) is 26.4. The molecule has 8 heavy (non-hydrogen) atoms. The van der Waals surface area contributed by atoms with Crippen LogP contribution in [0.25, 0.3) is 0 Å². The molecule has 1 rings (SSSR count). The Labute approximate surface area is 50.9 Å². The standard InChI is InChI=1S/C8H11/c1-2-8-6-4-3-5-7-8/h3-5,8H,2,6H2,1H3. The summed E-state index contributed by atoms with van der Waals surface area (Å²) in [4.78, 5) is 0. The van der Waals surface area contributed by atoms with E-state index < -0.39 is 0 Å². The van der Waals surface area contributed by atoms with Gasteiger partial charge in [-0.15, -0.1) is 0 Å². The molecule has 0 N–H and O–H groups in total. The average molecular weight is 107 g/mol. The Hall–Kier alpha value is -0.520. The third-order valence-electron chi connectivity index (χ3n) is 1.48. The Kier molecular flexibility index (Phi) is 1.90. The lowest BCUT2D eigenvalue weighted by molar-refractivity contribution is 0.615. The zero-order valence-electron chi connectivity index (χ0n) is 5.22. The summed E-state index contributed by atoms with van der Waals surface area (Å²) >= 11 is 0. The van der Waals surface area contributed by atoms with Crippen molar-refractivity contribution in [3.8, 4) is 0 Å². The van der Waals surface area contributed by atoms with Gasteiger partial charge in [-0.05, 0) is 24.8 Å². The molecule has 0 saturated heterocycles. The summed E-state index contributed by atoms with van der Waals surface area (Å²) in [5, 5.41) is 0. The van der Waals surface area contributed by atoms with Crippen LogP contribution in [0.5, 0.6) is 0 Å². The zero-order valence-corrected chi connectivity index (χ0v) is 5.22. The maximum absolute atomic E-state index is 3.26. The molecule has 0 heterocycles. The van der Waals surface area contributed by atoms with Gasteiger partial charge in [0.2, 0.25) is 0 Å². The van der Waals surface area contributed by atoms with Crippen molar-refractivity contribution >= 4 is 0 Å². The lowest BCUT2D eigenvalue weighted by atomic mass is 9.99. The van der Waals surface area contributed by atoms with Gasteiger partial charge in [-0.25, -0.2) is 0 Å². The molecular formula is C8H11. The summed E-state index contributed by atoms with van der Waals surface area (Å²) in [6.07, 6.45) is 11.9. The maximum atomic E-state index is 3.26. The van der Waals surface area contributed by atoms with E-state index in [1.165, 1.54) is 12.8 Å². The van der Waals surface area contributed by atoms with Gasteiger partial charge in [-0.2, -0.15) is 0 Å². The average Bonchev–Trinajstić information content (AvgIpc) is 1.90. The second kappa shape index (κ2) is 2.71. The van der Waals surface area contributed by atoms with Gasteiger partial charge in [-0.1, -0.05) is 25.2 Å². The summed E-state index contributed by atoms with van der Waals surface area (Å²) in [5.74, 6) is 0.694. The zero-order chi connectivity index (χ0) is 5.82. The third kappa shape index (κ3) is 1.22. The molecular weight excluding hydrogens is 96.1 g/mol. The Morgan fingerprint density at radius 2 is 2.62 bits per heavy atom. The molecule has 0 fully saturated rings. The van der Waals surface area contributed by atoms with Crippen LogP contribution in [0.3, 0.4) is 0 Å². The van der Waals surface area contributed by atoms with E-state index in [1.807, 2.05) is 6.08 Å². The van der Waals surface area contributed by atoms with E-state index in [4.69, 9.17) is 0 Å². The monoisotopic (exact) mass is 107 g/mol. The van der Waals surface area contributed by atoms with Crippen molar-refractivity contribution in [2.45, 2.75) is 19.8 Å². The van der Waals surface area contributed by atoms with Crippen LogP contribution in [0, 0.1) is 12.0 Å². The quantitative estimate of drug-likeness (QED) is 0.482. The van der Waals surface area contributed by atoms with E-state index in [9.17, 15) is 0 Å². The Bertz CT molecular complexity index is 109. The van der Waals surface area contributed by atoms with Crippen molar-refractivity contribution < 1.29 is 0 Å². The third-order valence-corrected chi connectivity index (χ3v) is 1.48. The minimum absolute atomic E-state index is 0.694. The molecule has 1 aliphatic carbocycles. The molecule has 1 aliphatic rings. The predicted molar refractivity (Wildman–Crippen MR) is 35.4 cm³/mol. The van der Waals surface area contributed by atoms with Crippen LogP contribution in [0.15, 0.2) is 18.2 Å². The topological polar surface area (TPSA) is 0 Å². The maximum Gasteiger partial charge on any atom is -0.0127 e. The highest BCUT2D eigenvalue weighted by molar-refractivity contribution is 5.06. The highest BCUT2D eigenvalue weighted by atomic mass is 14.0. The van der Waals surface area contributed by atoms with Crippen molar-refractivity contribution in [2.75, 3.05) is 0 Å². The van der Waals surface area contributed by atoms with Gasteiger partial charge in [0.15, 0.2) is 0 Å². The van der Waals surface area contributed by atoms with Crippen LogP contribution in [-0.2, 0) is 0 Å². The second-order valence-electron chi connectivity index (χ2n) is 2.10. The number of hydrogen-bond acceptors (Lipinski definition) is 0. The molecule has 1 unspecified atom stereocenters. The molecule has 0 aliphatic heterocycles. The Morgan fingerprint density at radius 3 is 3.00 bits per heavy atom. The van der Waals surface area contributed by atoms with Crippen molar-refractivity contribution in [3.05, 3.63) is 24.3 Å². The van der Waals surface area contributed by atoms with Gasteiger partial charge in [-0.3, -0.25) is 0 Å². The Balaban J connectivity index is 2.40. The first kappa shape index (κ1) is 5.61. The minimum Gasteiger partial charge on any atom is -0.0839 e. The number of hydrogen-bond donors (Lipinski definition) is 0. The summed E-state index contributed by atoms with van der Waals surface area (Å²) in [5.41, 5.74) is 0. The molecule has 0 aromatic heterocycles. The first-order chi connectivity index (χ1) is 3.93. The molecule has 0 saturated carbocycles. The SMILES string of the molecule is CCC1[C]=CC=CC1. The van der Waals surface area contributed by atoms with Crippen LogP contribution in [0.1, 0.15) is 19.8 Å². The Morgan fingerprint density at radius 1 is 1.75 bits per heavy atom. The van der Waals surface area contributed by atoms with Crippen molar-refractivity contribution in [2.24, 2.45) is 5.92 Å². The van der Waals surface area contributed by atoms with E-state index in [0.29, 0.717) is 5.92 Å². The van der Waals surface area contributed by atoms with E-state index in [0.717, 1.165) is 0 Å². The first-order valence-corrected chi connectivity index (χ1v) is 3.18. The van der Waals surface area contributed by atoms with Crippen LogP contribution in [-0.4, -0.2) is 0 Å². The summed E-state index contributed by atoms with van der Waals surface area (Å²) < 4.78 is 0. The van der Waals surface area contributed by atoms with Gasteiger partial charge < -0.3 is 0 Å². The van der Waals surface area contributed by atoms with Crippen LogP contribution < -0.4 is 0 Å². The van der Waals surface area contributed by atoms with Gasteiger partial charge >= 0.3 is 0 Å². The van der Waals surface area contributed by atoms with Crippen molar-refractivity contribution in [1.82, 2.24) is 0 Å². The molecule has 0 spiro atoms. The highest BCUT2D eigenvalue weighted by Gasteiger charge is 1.99. The van der Waals surface area contributed by atoms with E-state index >= 15 is 0 Å². The van der Waals surface area contributed by atoms with Gasteiger partial charge in [0.1, 0.15) is 0 Å². The number of allylic oxidation sites excluding steroid dienone is 4. The molecule has 43 valence electrons. The largest absolute Gasteiger partial charge is 0.0839 e. The predicted octanol–water partition coefficient (Wildman–Crippen LogP) is 2.33. The summed E-state index contributed by atoms with van der Waals surface area (Å²) in [6, 6.07) is 0. The van der Waals surface area contributed by atoms with Gasteiger partial charge in [0.05, 0.1) is 0 Å². The molecule has 1 radical (unpaired) electrons. The molecule has 1 atom stereocenters. The van der Waals surface area contributed by atoms with Gasteiger partial charge in [0.25, 0.3) is 0 Å². The molecule has 0 amide bonds. The summed E-state index contributed by atoms with van der Waals surface area (Å²) in [7, 11) is 0. The van der Waals surface area contributed by atoms with Crippen molar-refractivity contribution in [1.29, 1.82) is 0 Å². The van der Waals surface area contributed by atoms with E-state index in [-0.39, 0.29) is 0 Å². The number of rotatable bonds is 1. The second-order valence-corrected chi connectivity index (χ2v) is 2.10. The van der Waals surface area contributed by atoms with E-state index in [2.05, 4.69) is 25.2 Å². The first-order valence-electron chi connectivity index (χ1n) is 3.18. The fourth-order valence-electron chi connectivity index (χ4n) is 0.855. The minimum atomic E-state index is 0.694. The molecule has 0 aromatic rings. The van der Waals surface area contributed by atoms with Crippen LogP contribution >= 0.6 is 0 Å². The fraction of sp³-hybridized carbons (Fsp3) is 0.500. The highest BCUT2D eigenvalue weighted by Crippen LogP contribution is 2.12. The molecule has 0 heteroatoms. The van der Waals surface area contributed by atoms with Crippen LogP contribution in [0.2, 0.25) is 0 Å². The lowest BCUT2D eigenvalue weighted by Gasteiger charge is -2.06. The molecule has 0 nitrogen and oxygen atoms in total. The van der Waals surface area contributed by atoms with Crippen LogP contribution in [0.4, 0.5) is 0 Å². The van der Waals surface area contributed by atoms with E-state index in [1.54, 1.807) is 0 Å².